The Balaban J connectivity index is 1.64. The van der Waals surface area contributed by atoms with Gasteiger partial charge in [-0.2, -0.15) is 0 Å². The summed E-state index contributed by atoms with van der Waals surface area (Å²) in [6.45, 7) is 19.2. The second kappa shape index (κ2) is 16.2. The number of amides is 1. The van der Waals surface area contributed by atoms with Gasteiger partial charge in [0.1, 0.15) is 22.5 Å². The highest BCUT2D eigenvalue weighted by Crippen LogP contribution is 2.49. The van der Waals surface area contributed by atoms with E-state index in [0.717, 1.165) is 16.7 Å². The smallest absolute Gasteiger partial charge is 0.312 e. The summed E-state index contributed by atoms with van der Waals surface area (Å²) in [5, 5.41) is 48.5. The number of hydrogen-bond donors (Lipinski definition) is 5. The number of phenols is 1. The van der Waals surface area contributed by atoms with Crippen LogP contribution in [0.15, 0.2) is 51.4 Å². The van der Waals surface area contributed by atoms with E-state index in [1.54, 1.807) is 46.8 Å². The van der Waals surface area contributed by atoms with Crippen molar-refractivity contribution >= 4 is 50.3 Å². The molecule has 13 nitrogen and oxygen atoms in total. The minimum Gasteiger partial charge on any atom is -0.505 e. The molecule has 0 radical (unpaired) electrons. The molecule has 13 heteroatoms. The van der Waals surface area contributed by atoms with Gasteiger partial charge in [0.25, 0.3) is 11.7 Å². The number of carbonyl (C=O) groups is 2. The Kier molecular flexibility index (Phi) is 11.9. The van der Waals surface area contributed by atoms with Crippen molar-refractivity contribution in [3.05, 3.63) is 80.2 Å². The summed E-state index contributed by atoms with van der Waals surface area (Å²) in [5.74, 6) is -6.26. The Labute approximate surface area is 343 Å². The number of ether oxygens (including phenoxy) is 3. The number of benzene rings is 3. The number of nitrogens with one attached hydrogen (secondary N) is 1. The number of nitrogens with zero attached hydrogens (tertiary/aromatic N) is 1. The zero-order chi connectivity index (χ0) is 43.6. The van der Waals surface area contributed by atoms with Gasteiger partial charge in [0, 0.05) is 54.2 Å². The van der Waals surface area contributed by atoms with Crippen molar-refractivity contribution in [3.8, 4) is 11.5 Å². The van der Waals surface area contributed by atoms with Crippen molar-refractivity contribution in [3.63, 3.8) is 0 Å². The Morgan fingerprint density at radius 2 is 1.51 bits per heavy atom. The Hall–Kier alpha value is -5.08. The van der Waals surface area contributed by atoms with Gasteiger partial charge in [0.2, 0.25) is 0 Å². The zero-order valence-corrected chi connectivity index (χ0v) is 35.8. The van der Waals surface area contributed by atoms with Gasteiger partial charge in [-0.3, -0.25) is 14.4 Å². The molecule has 1 amide bonds. The highest BCUT2D eigenvalue weighted by molar-refractivity contribution is 6.26. The Morgan fingerprint density at radius 1 is 0.864 bits per heavy atom. The minimum atomic E-state index is -2.00. The molecule has 2 aliphatic heterocycles. The maximum absolute atomic E-state index is 14.6. The topological polar surface area (TPSA) is 198 Å². The average molecular weight is 813 g/mol. The van der Waals surface area contributed by atoms with Gasteiger partial charge in [-0.1, -0.05) is 65.8 Å². The highest BCUT2D eigenvalue weighted by atomic mass is 16.7. The van der Waals surface area contributed by atoms with E-state index in [1.165, 1.54) is 39.4 Å². The van der Waals surface area contributed by atoms with Crippen LogP contribution in [0.4, 0.5) is 5.69 Å². The first-order valence-electron chi connectivity index (χ1n) is 20.1. The van der Waals surface area contributed by atoms with Crippen LogP contribution in [0.5, 0.6) is 11.5 Å². The lowest BCUT2D eigenvalue weighted by Gasteiger charge is -2.36. The van der Waals surface area contributed by atoms with Crippen molar-refractivity contribution in [2.75, 3.05) is 12.4 Å². The molecule has 0 aliphatic carbocycles. The second-order valence-electron chi connectivity index (χ2n) is 16.9. The number of methoxy groups -OCH3 is 1. The molecule has 6 rings (SSSR count). The fourth-order valence-electron chi connectivity index (χ4n) is 8.47. The van der Waals surface area contributed by atoms with Crippen molar-refractivity contribution in [2.24, 2.45) is 23.7 Å². The van der Waals surface area contributed by atoms with E-state index in [0.29, 0.717) is 11.1 Å². The molecule has 9 atom stereocenters. The third-order valence-corrected chi connectivity index (χ3v) is 12.4. The summed E-state index contributed by atoms with van der Waals surface area (Å²) in [6.07, 6.45) is 3.63. The Bertz CT molecular complexity index is 2520. The number of aryl methyl sites for hydroxylation is 2. The number of aliphatic hydroxyl groups excluding tert-OH is 3. The van der Waals surface area contributed by atoms with Crippen molar-refractivity contribution in [2.45, 2.75) is 112 Å². The van der Waals surface area contributed by atoms with E-state index in [1.807, 2.05) is 19.9 Å². The minimum absolute atomic E-state index is 0.0201. The monoisotopic (exact) mass is 812 g/mol. The van der Waals surface area contributed by atoms with E-state index in [-0.39, 0.29) is 55.9 Å². The summed E-state index contributed by atoms with van der Waals surface area (Å²) < 4.78 is 24.6. The van der Waals surface area contributed by atoms with Gasteiger partial charge in [0.05, 0.1) is 41.6 Å². The van der Waals surface area contributed by atoms with Crippen LogP contribution < -0.4 is 15.5 Å². The van der Waals surface area contributed by atoms with E-state index >= 15 is 0 Å². The predicted molar refractivity (Wildman–Crippen MR) is 226 cm³/mol. The molecule has 0 spiro atoms. The molecule has 3 heterocycles. The second-order valence-corrected chi connectivity index (χ2v) is 16.9. The van der Waals surface area contributed by atoms with Crippen LogP contribution in [0.25, 0.3) is 33.0 Å². The van der Waals surface area contributed by atoms with Crippen molar-refractivity contribution < 1.29 is 48.6 Å². The molecule has 316 valence electrons. The number of aromatic hydroxyl groups is 1. The van der Waals surface area contributed by atoms with Crippen LogP contribution in [-0.4, -0.2) is 74.4 Å². The van der Waals surface area contributed by atoms with E-state index < -0.39 is 76.7 Å². The van der Waals surface area contributed by atoms with Gasteiger partial charge >= 0.3 is 5.79 Å². The SMILES string of the molecule is CO[C@H]1/C=C/O[C@@]2(C)Oc3c(C)c(=O)c4c(O)c(c5oc6c(C)c(C(C)C)cc(C)c6nc5c4c3C2=O)NC(=O)/C(C)=C\C=C\[C@H](C)[C@H](O)[C@@H](C)[C@@H](O)[C@@H](C)[C@H](O)[C@@H]1C. The number of aromatic nitrogens is 1. The molecule has 0 saturated heterocycles. The molecule has 2 aliphatic rings. The standard InChI is InChI=1S/C46H56N2O11/c1-19(2)28-18-22(5)33-42(23(28)6)58-43-34(47-33)30-31-39(52)27(10)41-32(30)44(54)46(11,59-41)57-17-16-29(56-12)24(7)37(50)26(9)38(51)25(8)36(49)20(3)14-13-15-21(4)45(55)48-35(43)40(31)53/h13-20,24-26,29,36-38,49-51,53H,1-12H3,(H,48,55)/b14-13+,17-16+,21-15-/t20-,24+,25+,26-,29-,36-,37+,38+,46-/m0/s1. The first-order valence-corrected chi connectivity index (χ1v) is 20.1. The lowest BCUT2D eigenvalue weighted by Crippen LogP contribution is -2.44. The number of fused-ring (bicyclic) bond motifs is 2. The van der Waals surface area contributed by atoms with Crippen LogP contribution in [-0.2, 0) is 14.3 Å². The maximum Gasteiger partial charge on any atom is 0.312 e. The van der Waals surface area contributed by atoms with Crippen LogP contribution in [0.1, 0.15) is 93.9 Å². The Morgan fingerprint density at radius 3 is 2.15 bits per heavy atom. The van der Waals surface area contributed by atoms with E-state index in [4.69, 9.17) is 23.6 Å². The number of anilines is 1. The van der Waals surface area contributed by atoms with Gasteiger partial charge in [-0.05, 0) is 56.4 Å². The maximum atomic E-state index is 14.6. The lowest BCUT2D eigenvalue weighted by atomic mass is 9.78. The summed E-state index contributed by atoms with van der Waals surface area (Å²) in [7, 11) is 1.45. The third kappa shape index (κ3) is 7.32. The molecule has 4 aromatic rings. The number of rotatable bonds is 2. The third-order valence-electron chi connectivity index (χ3n) is 12.4. The molecule has 3 aromatic carbocycles. The molecular formula is C46H56N2O11. The number of phenolic OH excluding ortho intramolecular Hbond substituents is 1. The fraction of sp³-hybridized carbons (Fsp3) is 0.478. The number of allylic oxidation sites excluding steroid dienone is 2. The number of ketones is 1. The zero-order valence-electron chi connectivity index (χ0n) is 35.8. The van der Waals surface area contributed by atoms with Crippen LogP contribution in [0.3, 0.4) is 0 Å². The molecule has 1 aromatic heterocycles. The molecule has 0 saturated carbocycles. The first kappa shape index (κ1) is 43.5. The number of Topliss-reactive ketones (excluding diaryl/α,β-unsaturated/α-hetero) is 1. The van der Waals surface area contributed by atoms with Crippen LogP contribution >= 0.6 is 0 Å². The summed E-state index contributed by atoms with van der Waals surface area (Å²) in [4.78, 5) is 47.9. The van der Waals surface area contributed by atoms with Gasteiger partial charge < -0.3 is 44.4 Å². The van der Waals surface area contributed by atoms with Gasteiger partial charge in [-0.25, -0.2) is 4.98 Å². The largest absolute Gasteiger partial charge is 0.505 e. The molecule has 5 N–H and O–H groups in total. The normalized spacial score (nSPS) is 30.4. The van der Waals surface area contributed by atoms with Gasteiger partial charge in [-0.15, -0.1) is 0 Å². The molecule has 0 fully saturated rings. The lowest BCUT2D eigenvalue weighted by molar-refractivity contribution is -0.112. The van der Waals surface area contributed by atoms with E-state index in [2.05, 4.69) is 19.2 Å². The van der Waals surface area contributed by atoms with Crippen LogP contribution in [0, 0.1) is 44.4 Å². The number of hydrogen-bond acceptors (Lipinski definition) is 12. The van der Waals surface area contributed by atoms with E-state index in [9.17, 15) is 34.8 Å². The summed E-state index contributed by atoms with van der Waals surface area (Å²) in [5.41, 5.74) is 2.70. The number of aliphatic hydroxyl groups is 3. The quantitative estimate of drug-likeness (QED) is 0.0779. The summed E-state index contributed by atoms with van der Waals surface area (Å²) in [6, 6.07) is 2.02. The number of carbonyl (C=O) groups excluding carboxylic acids is 2. The van der Waals surface area contributed by atoms with Crippen molar-refractivity contribution in [1.82, 2.24) is 4.98 Å². The first-order chi connectivity index (χ1) is 27.7. The molecule has 4 bridgehead atoms. The predicted octanol–water partition coefficient (Wildman–Crippen LogP) is 7.17. The molecular weight excluding hydrogens is 757 g/mol. The average Bonchev–Trinajstić information content (AvgIpc) is 3.47. The van der Waals surface area contributed by atoms with Gasteiger partial charge in [0.15, 0.2) is 22.3 Å². The molecule has 59 heavy (non-hydrogen) atoms. The van der Waals surface area contributed by atoms with Crippen molar-refractivity contribution in [1.29, 1.82) is 0 Å². The molecule has 0 unspecified atom stereocenters. The fourth-order valence-corrected chi connectivity index (χ4v) is 8.47. The highest BCUT2D eigenvalue weighted by Gasteiger charge is 2.49. The van der Waals surface area contributed by atoms with Crippen LogP contribution in [0.2, 0.25) is 0 Å². The summed E-state index contributed by atoms with van der Waals surface area (Å²) >= 11 is 0.